The van der Waals surface area contributed by atoms with Crippen molar-refractivity contribution in [3.8, 4) is 0 Å². The fraction of sp³-hybridized carbons (Fsp3) is 0.500. The molecule has 114 valence electrons. The molecular weight excluding hydrogens is 274 g/mol. The van der Waals surface area contributed by atoms with E-state index in [-0.39, 0.29) is 5.91 Å². The molecule has 0 saturated carbocycles. The first-order valence-electron chi connectivity index (χ1n) is 6.80. The number of rotatable bonds is 4. The Kier molecular flexibility index (Phi) is 5.10. The third kappa shape index (κ3) is 3.69. The number of carbonyl (C=O) groups is 2. The molecule has 0 bridgehead atoms. The smallest absolute Gasteiger partial charge is 0.341 e. The van der Waals surface area contributed by atoms with Gasteiger partial charge in [-0.15, -0.1) is 0 Å². The number of amides is 1. The van der Waals surface area contributed by atoms with Crippen molar-refractivity contribution in [2.45, 2.75) is 13.0 Å². The van der Waals surface area contributed by atoms with E-state index in [0.717, 1.165) is 0 Å². The lowest BCUT2D eigenvalue weighted by Gasteiger charge is -2.29. The Morgan fingerprint density at radius 2 is 2.14 bits per heavy atom. The van der Waals surface area contributed by atoms with Crippen LogP contribution in [0.25, 0.3) is 0 Å². The maximum absolute atomic E-state index is 12.3. The Hall–Kier alpha value is -2.15. The predicted octanol–water partition coefficient (Wildman–Crippen LogP) is 0.527. The van der Waals surface area contributed by atoms with Gasteiger partial charge in [-0.2, -0.15) is 0 Å². The van der Waals surface area contributed by atoms with E-state index in [0.29, 0.717) is 37.7 Å². The summed E-state index contributed by atoms with van der Waals surface area (Å²) in [6.07, 6.45) is 1.56. The van der Waals surface area contributed by atoms with Crippen molar-refractivity contribution in [3.05, 3.63) is 23.9 Å². The SMILES string of the molecule is COC(=O)c1cccnc1NC(C)C(=O)N1CCOCC1. The summed E-state index contributed by atoms with van der Waals surface area (Å²) in [5.74, 6) is -0.185. The monoisotopic (exact) mass is 293 g/mol. The van der Waals surface area contributed by atoms with Gasteiger partial charge in [0.2, 0.25) is 5.91 Å². The third-order valence-electron chi connectivity index (χ3n) is 3.26. The number of hydrogen-bond donors (Lipinski definition) is 1. The minimum absolute atomic E-state index is 0.0419. The highest BCUT2D eigenvalue weighted by atomic mass is 16.5. The predicted molar refractivity (Wildman–Crippen MR) is 76.1 cm³/mol. The molecule has 7 nitrogen and oxygen atoms in total. The Bertz CT molecular complexity index is 515. The van der Waals surface area contributed by atoms with Crippen LogP contribution in [-0.2, 0) is 14.3 Å². The van der Waals surface area contributed by atoms with Gasteiger partial charge in [0.1, 0.15) is 17.4 Å². The fourth-order valence-electron chi connectivity index (χ4n) is 2.12. The molecule has 0 radical (unpaired) electrons. The number of nitrogens with one attached hydrogen (secondary N) is 1. The van der Waals surface area contributed by atoms with Gasteiger partial charge in [-0.1, -0.05) is 0 Å². The van der Waals surface area contributed by atoms with Gasteiger partial charge in [-0.3, -0.25) is 4.79 Å². The molecule has 0 aliphatic carbocycles. The summed E-state index contributed by atoms with van der Waals surface area (Å²) in [7, 11) is 1.31. The lowest BCUT2D eigenvalue weighted by atomic mass is 10.2. The molecule has 2 heterocycles. The van der Waals surface area contributed by atoms with Gasteiger partial charge in [0.25, 0.3) is 0 Å². The van der Waals surface area contributed by atoms with Gasteiger partial charge >= 0.3 is 5.97 Å². The van der Waals surface area contributed by atoms with E-state index in [9.17, 15) is 9.59 Å². The number of morpholine rings is 1. The third-order valence-corrected chi connectivity index (χ3v) is 3.26. The molecule has 1 unspecified atom stereocenters. The fourth-order valence-corrected chi connectivity index (χ4v) is 2.12. The lowest BCUT2D eigenvalue weighted by Crippen LogP contribution is -2.47. The average molecular weight is 293 g/mol. The second-order valence-electron chi connectivity index (χ2n) is 4.69. The van der Waals surface area contributed by atoms with E-state index < -0.39 is 12.0 Å². The molecule has 1 N–H and O–H groups in total. The maximum Gasteiger partial charge on any atom is 0.341 e. The minimum atomic E-state index is -0.489. The van der Waals surface area contributed by atoms with Crippen molar-refractivity contribution >= 4 is 17.7 Å². The average Bonchev–Trinajstić information content (AvgIpc) is 2.54. The van der Waals surface area contributed by atoms with Gasteiger partial charge in [-0.05, 0) is 19.1 Å². The molecule has 1 aliphatic heterocycles. The van der Waals surface area contributed by atoms with Crippen LogP contribution in [0.5, 0.6) is 0 Å². The maximum atomic E-state index is 12.3. The van der Waals surface area contributed by atoms with Crippen molar-refractivity contribution in [2.24, 2.45) is 0 Å². The number of carbonyl (C=O) groups excluding carboxylic acids is 2. The lowest BCUT2D eigenvalue weighted by molar-refractivity contribution is -0.135. The molecule has 21 heavy (non-hydrogen) atoms. The topological polar surface area (TPSA) is 80.8 Å². The first kappa shape index (κ1) is 15.2. The number of hydrogen-bond acceptors (Lipinski definition) is 6. The summed E-state index contributed by atoms with van der Waals surface area (Å²) in [5.41, 5.74) is 0.307. The largest absolute Gasteiger partial charge is 0.465 e. The molecule has 1 aromatic rings. The van der Waals surface area contributed by atoms with Crippen molar-refractivity contribution < 1.29 is 19.1 Å². The first-order valence-corrected chi connectivity index (χ1v) is 6.80. The first-order chi connectivity index (χ1) is 10.1. The molecule has 7 heteroatoms. The van der Waals surface area contributed by atoms with Crippen LogP contribution in [0, 0.1) is 0 Å². The molecule has 0 aromatic carbocycles. The van der Waals surface area contributed by atoms with Crippen LogP contribution >= 0.6 is 0 Å². The Morgan fingerprint density at radius 1 is 1.43 bits per heavy atom. The highest BCUT2D eigenvalue weighted by Crippen LogP contribution is 2.14. The van der Waals surface area contributed by atoms with Gasteiger partial charge in [0, 0.05) is 19.3 Å². The second kappa shape index (κ2) is 7.03. The highest BCUT2D eigenvalue weighted by Gasteiger charge is 2.24. The summed E-state index contributed by atoms with van der Waals surface area (Å²) >= 11 is 0. The summed E-state index contributed by atoms with van der Waals surface area (Å²) in [6, 6.07) is 2.76. The zero-order chi connectivity index (χ0) is 15.2. The Balaban J connectivity index is 2.06. The van der Waals surface area contributed by atoms with Gasteiger partial charge in [0.15, 0.2) is 0 Å². The molecule has 1 saturated heterocycles. The normalized spacial score (nSPS) is 16.2. The Labute approximate surface area is 123 Å². The molecule has 1 amide bonds. The van der Waals surface area contributed by atoms with Gasteiger partial charge in [-0.25, -0.2) is 9.78 Å². The summed E-state index contributed by atoms with van der Waals surface area (Å²) in [5, 5.41) is 2.98. The van der Waals surface area contributed by atoms with Crippen molar-refractivity contribution in [3.63, 3.8) is 0 Å². The van der Waals surface area contributed by atoms with Crippen LogP contribution in [0.4, 0.5) is 5.82 Å². The van der Waals surface area contributed by atoms with Gasteiger partial charge < -0.3 is 19.7 Å². The molecule has 1 aromatic heterocycles. The number of aromatic nitrogens is 1. The number of methoxy groups -OCH3 is 1. The Morgan fingerprint density at radius 3 is 2.81 bits per heavy atom. The van der Waals surface area contributed by atoms with E-state index in [2.05, 4.69) is 10.3 Å². The second-order valence-corrected chi connectivity index (χ2v) is 4.69. The number of pyridine rings is 1. The zero-order valence-corrected chi connectivity index (χ0v) is 12.2. The van der Waals surface area contributed by atoms with Crippen molar-refractivity contribution in [1.29, 1.82) is 0 Å². The van der Waals surface area contributed by atoms with E-state index in [1.165, 1.54) is 7.11 Å². The van der Waals surface area contributed by atoms with Crippen molar-refractivity contribution in [1.82, 2.24) is 9.88 Å². The van der Waals surface area contributed by atoms with Crippen LogP contribution < -0.4 is 5.32 Å². The van der Waals surface area contributed by atoms with E-state index >= 15 is 0 Å². The molecule has 1 aliphatic rings. The molecular formula is C14H19N3O4. The quantitative estimate of drug-likeness (QED) is 0.816. The highest BCUT2D eigenvalue weighted by molar-refractivity contribution is 5.95. The number of ether oxygens (including phenoxy) is 2. The van der Waals surface area contributed by atoms with Crippen molar-refractivity contribution in [2.75, 3.05) is 38.7 Å². The number of anilines is 1. The summed E-state index contributed by atoms with van der Waals surface area (Å²) in [4.78, 5) is 29.8. The van der Waals surface area contributed by atoms with E-state index in [1.807, 2.05) is 0 Å². The summed E-state index contributed by atoms with van der Waals surface area (Å²) in [6.45, 7) is 4.01. The number of nitrogens with zero attached hydrogens (tertiary/aromatic N) is 2. The van der Waals surface area contributed by atoms with Crippen LogP contribution in [-0.4, -0.2) is 61.2 Å². The zero-order valence-electron chi connectivity index (χ0n) is 12.2. The van der Waals surface area contributed by atoms with Crippen LogP contribution in [0.15, 0.2) is 18.3 Å². The van der Waals surface area contributed by atoms with Crippen LogP contribution in [0.3, 0.4) is 0 Å². The molecule has 1 fully saturated rings. The van der Waals surface area contributed by atoms with Crippen LogP contribution in [0.1, 0.15) is 17.3 Å². The number of esters is 1. The van der Waals surface area contributed by atoms with E-state index in [1.54, 1.807) is 30.2 Å². The van der Waals surface area contributed by atoms with Gasteiger partial charge in [0.05, 0.1) is 20.3 Å². The molecule has 0 spiro atoms. The standard InChI is InChI=1S/C14H19N3O4/c1-10(13(18)17-6-8-21-9-7-17)16-12-11(14(19)20-2)4-3-5-15-12/h3-5,10H,6-9H2,1-2H3,(H,15,16). The van der Waals surface area contributed by atoms with Crippen LogP contribution in [0.2, 0.25) is 0 Å². The molecule has 2 rings (SSSR count). The molecule has 1 atom stereocenters. The summed E-state index contributed by atoms with van der Waals surface area (Å²) < 4.78 is 9.93. The minimum Gasteiger partial charge on any atom is -0.465 e. The van der Waals surface area contributed by atoms with E-state index in [4.69, 9.17) is 9.47 Å².